The monoisotopic (exact) mass is 400 g/mol. The lowest BCUT2D eigenvalue weighted by atomic mass is 9.82. The smallest absolute Gasteiger partial charge is 0.146 e. The molecular weight excluding hydrogens is 348 g/mol. The van der Waals surface area contributed by atoms with Gasteiger partial charge in [-0.3, -0.25) is 0 Å². The number of hydrogen-bond donors (Lipinski definition) is 1. The summed E-state index contributed by atoms with van der Waals surface area (Å²) in [6.07, 6.45) is 10.7. The zero-order chi connectivity index (χ0) is 21.4. The Balaban J connectivity index is 3.77. The maximum Gasteiger partial charge on any atom is 0.146 e. The number of ether oxygens (including phenoxy) is 2. The molecule has 6 atom stereocenters. The SMILES string of the molecule is CCCCOCOCCCC(C)CC(C)CC(C)CC(C)CC(C)CC(C)O. The minimum absolute atomic E-state index is 0.167. The minimum atomic E-state index is -0.167. The molecule has 0 aliphatic heterocycles. The van der Waals surface area contributed by atoms with Gasteiger partial charge in [-0.05, 0) is 87.9 Å². The third kappa shape index (κ3) is 17.9. The Morgan fingerprint density at radius 3 is 1.50 bits per heavy atom. The Hall–Kier alpha value is -0.120. The fourth-order valence-electron chi connectivity index (χ4n) is 4.79. The van der Waals surface area contributed by atoms with E-state index in [1.54, 1.807) is 0 Å². The van der Waals surface area contributed by atoms with E-state index in [0.717, 1.165) is 56.1 Å². The van der Waals surface area contributed by atoms with Gasteiger partial charge in [0.25, 0.3) is 0 Å². The molecule has 3 nitrogen and oxygen atoms in total. The summed E-state index contributed by atoms with van der Waals surface area (Å²) in [6, 6.07) is 0. The van der Waals surface area contributed by atoms with E-state index in [9.17, 15) is 5.11 Å². The molecule has 0 radical (unpaired) electrons. The molecule has 1 N–H and O–H groups in total. The highest BCUT2D eigenvalue weighted by atomic mass is 16.7. The van der Waals surface area contributed by atoms with Gasteiger partial charge in [0.15, 0.2) is 0 Å². The number of rotatable bonds is 19. The van der Waals surface area contributed by atoms with Crippen LogP contribution in [-0.2, 0) is 9.47 Å². The predicted molar refractivity (Wildman–Crippen MR) is 121 cm³/mol. The van der Waals surface area contributed by atoms with Crippen molar-refractivity contribution >= 4 is 0 Å². The number of aliphatic hydroxyl groups excluding tert-OH is 1. The highest BCUT2D eigenvalue weighted by Crippen LogP contribution is 2.28. The van der Waals surface area contributed by atoms with Crippen LogP contribution in [0, 0.1) is 29.6 Å². The van der Waals surface area contributed by atoms with Crippen molar-refractivity contribution in [3.8, 4) is 0 Å². The van der Waals surface area contributed by atoms with E-state index in [0.29, 0.717) is 12.7 Å². The highest BCUT2D eigenvalue weighted by Gasteiger charge is 2.17. The maximum atomic E-state index is 9.54. The van der Waals surface area contributed by atoms with E-state index in [4.69, 9.17) is 9.47 Å². The number of aliphatic hydroxyl groups is 1. The first kappa shape index (κ1) is 27.9. The van der Waals surface area contributed by atoms with Gasteiger partial charge < -0.3 is 14.6 Å². The predicted octanol–water partition coefficient (Wildman–Crippen LogP) is 7.07. The zero-order valence-corrected chi connectivity index (χ0v) is 20.2. The summed E-state index contributed by atoms with van der Waals surface area (Å²) in [5, 5.41) is 9.54. The lowest BCUT2D eigenvalue weighted by Gasteiger charge is -2.24. The molecule has 0 rings (SSSR count). The van der Waals surface area contributed by atoms with E-state index in [-0.39, 0.29) is 6.10 Å². The lowest BCUT2D eigenvalue weighted by Crippen LogP contribution is -2.14. The molecule has 0 spiro atoms. The van der Waals surface area contributed by atoms with Crippen LogP contribution >= 0.6 is 0 Å². The fourth-order valence-corrected chi connectivity index (χ4v) is 4.79. The average Bonchev–Trinajstić information content (AvgIpc) is 2.55. The number of unbranched alkanes of at least 4 members (excludes halogenated alkanes) is 1. The van der Waals surface area contributed by atoms with Crippen molar-refractivity contribution in [1.82, 2.24) is 0 Å². The Morgan fingerprint density at radius 1 is 0.607 bits per heavy atom. The molecule has 0 saturated carbocycles. The summed E-state index contributed by atoms with van der Waals surface area (Å²) in [5.41, 5.74) is 0. The van der Waals surface area contributed by atoms with Crippen molar-refractivity contribution in [2.24, 2.45) is 29.6 Å². The Morgan fingerprint density at radius 2 is 1.04 bits per heavy atom. The third-order valence-corrected chi connectivity index (χ3v) is 5.76. The van der Waals surface area contributed by atoms with Gasteiger partial charge in [0, 0.05) is 13.2 Å². The molecule has 0 bridgehead atoms. The molecule has 0 aromatic heterocycles. The van der Waals surface area contributed by atoms with Crippen LogP contribution in [0.2, 0.25) is 0 Å². The van der Waals surface area contributed by atoms with Crippen LogP contribution in [0.15, 0.2) is 0 Å². The second-order valence-electron chi connectivity index (χ2n) is 9.98. The summed E-state index contributed by atoms with van der Waals surface area (Å²) in [5.74, 6) is 3.74. The fraction of sp³-hybridized carbons (Fsp3) is 1.00. The van der Waals surface area contributed by atoms with Gasteiger partial charge in [0.2, 0.25) is 0 Å². The standard InChI is InChI=1S/C25H52O3/c1-8-9-12-27-19-28-13-10-11-20(2)14-21(3)15-22(4)16-23(5)17-24(6)18-25(7)26/h20-26H,8-19H2,1-7H3. The van der Waals surface area contributed by atoms with Crippen LogP contribution in [0.3, 0.4) is 0 Å². The van der Waals surface area contributed by atoms with Crippen LogP contribution in [0.5, 0.6) is 0 Å². The summed E-state index contributed by atoms with van der Waals surface area (Å²) in [7, 11) is 0. The van der Waals surface area contributed by atoms with E-state index < -0.39 is 0 Å². The highest BCUT2D eigenvalue weighted by molar-refractivity contribution is 4.68. The van der Waals surface area contributed by atoms with Crippen LogP contribution in [-0.4, -0.2) is 31.2 Å². The molecular formula is C25H52O3. The van der Waals surface area contributed by atoms with Crippen LogP contribution in [0.25, 0.3) is 0 Å². The molecule has 0 saturated heterocycles. The zero-order valence-electron chi connectivity index (χ0n) is 20.2. The molecule has 3 heteroatoms. The largest absolute Gasteiger partial charge is 0.393 e. The molecule has 170 valence electrons. The van der Waals surface area contributed by atoms with Crippen molar-refractivity contribution in [2.45, 2.75) is 112 Å². The molecule has 0 heterocycles. The van der Waals surface area contributed by atoms with E-state index in [2.05, 4.69) is 41.5 Å². The summed E-state index contributed by atoms with van der Waals surface area (Å²) < 4.78 is 11.0. The minimum Gasteiger partial charge on any atom is -0.393 e. The Bertz CT molecular complexity index is 332. The summed E-state index contributed by atoms with van der Waals surface area (Å²) in [4.78, 5) is 0. The molecule has 0 fully saturated rings. The first-order valence-corrected chi connectivity index (χ1v) is 12.1. The van der Waals surface area contributed by atoms with Crippen molar-refractivity contribution in [1.29, 1.82) is 0 Å². The Labute approximate surface area is 177 Å². The third-order valence-electron chi connectivity index (χ3n) is 5.76. The molecule has 6 unspecified atom stereocenters. The topological polar surface area (TPSA) is 38.7 Å². The van der Waals surface area contributed by atoms with E-state index in [1.165, 1.54) is 38.5 Å². The first-order chi connectivity index (χ1) is 13.2. The van der Waals surface area contributed by atoms with Crippen LogP contribution < -0.4 is 0 Å². The van der Waals surface area contributed by atoms with Gasteiger partial charge in [-0.2, -0.15) is 0 Å². The molecule has 0 amide bonds. The van der Waals surface area contributed by atoms with Gasteiger partial charge in [-0.1, -0.05) is 48.0 Å². The van der Waals surface area contributed by atoms with Crippen molar-refractivity contribution in [3.63, 3.8) is 0 Å². The van der Waals surface area contributed by atoms with Gasteiger partial charge in [0.05, 0.1) is 6.10 Å². The molecule has 0 aromatic carbocycles. The maximum absolute atomic E-state index is 9.54. The quantitative estimate of drug-likeness (QED) is 0.186. The Kier molecular flexibility index (Phi) is 17.6. The molecule has 0 aliphatic rings. The summed E-state index contributed by atoms with van der Waals surface area (Å²) in [6.45, 7) is 18.1. The second-order valence-corrected chi connectivity index (χ2v) is 9.98. The molecule has 0 aromatic rings. The van der Waals surface area contributed by atoms with Crippen LogP contribution in [0.4, 0.5) is 0 Å². The van der Waals surface area contributed by atoms with Gasteiger partial charge in [-0.15, -0.1) is 0 Å². The molecule has 0 aliphatic carbocycles. The first-order valence-electron chi connectivity index (χ1n) is 12.1. The van der Waals surface area contributed by atoms with Crippen molar-refractivity contribution in [3.05, 3.63) is 0 Å². The lowest BCUT2D eigenvalue weighted by molar-refractivity contribution is -0.0558. The van der Waals surface area contributed by atoms with Gasteiger partial charge >= 0.3 is 0 Å². The van der Waals surface area contributed by atoms with Crippen LogP contribution in [0.1, 0.15) is 106 Å². The van der Waals surface area contributed by atoms with Crippen molar-refractivity contribution < 1.29 is 14.6 Å². The van der Waals surface area contributed by atoms with Gasteiger partial charge in [-0.25, -0.2) is 0 Å². The van der Waals surface area contributed by atoms with E-state index in [1.807, 2.05) is 6.92 Å². The van der Waals surface area contributed by atoms with E-state index >= 15 is 0 Å². The molecule has 28 heavy (non-hydrogen) atoms. The second kappa shape index (κ2) is 17.7. The van der Waals surface area contributed by atoms with Gasteiger partial charge in [0.1, 0.15) is 6.79 Å². The van der Waals surface area contributed by atoms with Crippen molar-refractivity contribution in [2.75, 3.05) is 20.0 Å². The normalized spacial score (nSPS) is 18.4. The number of hydrogen-bond acceptors (Lipinski definition) is 3. The summed E-state index contributed by atoms with van der Waals surface area (Å²) >= 11 is 0. The average molecular weight is 401 g/mol.